The van der Waals surface area contributed by atoms with Gasteiger partial charge in [0.05, 0.1) is 23.9 Å². The molecule has 0 saturated heterocycles. The first-order valence-corrected chi connectivity index (χ1v) is 13.9. The third-order valence-corrected chi connectivity index (χ3v) is 7.67. The highest BCUT2D eigenvalue weighted by molar-refractivity contribution is 6.01. The molecule has 1 aliphatic carbocycles. The van der Waals surface area contributed by atoms with Gasteiger partial charge in [0.15, 0.2) is 5.75 Å². The monoisotopic (exact) mass is 522 g/mol. The van der Waals surface area contributed by atoms with E-state index in [0.717, 1.165) is 32.2 Å². The summed E-state index contributed by atoms with van der Waals surface area (Å²) in [5, 5.41) is 16.0. The summed E-state index contributed by atoms with van der Waals surface area (Å²) in [5.41, 5.74) is 2.08. The predicted octanol–water partition coefficient (Wildman–Crippen LogP) is 4.49. The number of nitrogens with zero attached hydrogens (tertiary/aromatic N) is 2. The Morgan fingerprint density at radius 3 is 2.58 bits per heavy atom. The van der Waals surface area contributed by atoms with Crippen molar-refractivity contribution in [2.45, 2.75) is 70.7 Å². The van der Waals surface area contributed by atoms with Crippen LogP contribution in [-0.2, 0) is 6.54 Å². The van der Waals surface area contributed by atoms with Crippen LogP contribution >= 0.6 is 0 Å². The van der Waals surface area contributed by atoms with Crippen molar-refractivity contribution in [3.8, 4) is 5.75 Å². The van der Waals surface area contributed by atoms with Crippen molar-refractivity contribution in [3.63, 3.8) is 0 Å². The zero-order valence-electron chi connectivity index (χ0n) is 22.9. The van der Waals surface area contributed by atoms with Gasteiger partial charge in [0.2, 0.25) is 0 Å². The molecule has 206 valence electrons. The van der Waals surface area contributed by atoms with Crippen molar-refractivity contribution in [3.05, 3.63) is 59.7 Å². The normalized spacial score (nSPS) is 21.2. The van der Waals surface area contributed by atoms with Crippen LogP contribution in [0.25, 0.3) is 0 Å². The van der Waals surface area contributed by atoms with Gasteiger partial charge in [0.25, 0.3) is 5.91 Å². The maximum Gasteiger partial charge on any atom is 0.319 e. The Morgan fingerprint density at radius 1 is 1.13 bits per heavy atom. The SMILES string of the molecule is C[C@H](CO)N1C[C@H](C)[C@@H](CN(C)Cc2ccccc2)Oc2c(NC(=O)NC3CCCCC3)cccc2C1=O. The fourth-order valence-corrected chi connectivity index (χ4v) is 5.42. The van der Waals surface area contributed by atoms with Gasteiger partial charge in [-0.2, -0.15) is 0 Å². The molecule has 0 bridgehead atoms. The molecule has 1 aliphatic heterocycles. The Hall–Kier alpha value is -3.10. The number of carbonyl (C=O) groups excluding carboxylic acids is 2. The average molecular weight is 523 g/mol. The number of aliphatic hydroxyl groups is 1. The highest BCUT2D eigenvalue weighted by Gasteiger charge is 2.34. The lowest BCUT2D eigenvalue weighted by Crippen LogP contribution is -2.49. The van der Waals surface area contributed by atoms with Crippen molar-refractivity contribution >= 4 is 17.6 Å². The Balaban J connectivity index is 1.60. The zero-order valence-corrected chi connectivity index (χ0v) is 22.9. The number of carbonyl (C=O) groups is 2. The van der Waals surface area contributed by atoms with Gasteiger partial charge in [-0.1, -0.05) is 62.6 Å². The van der Waals surface area contributed by atoms with E-state index in [2.05, 4.69) is 41.6 Å². The summed E-state index contributed by atoms with van der Waals surface area (Å²) in [5.74, 6) is 0.167. The van der Waals surface area contributed by atoms with Crippen LogP contribution in [0.5, 0.6) is 5.75 Å². The Morgan fingerprint density at radius 2 is 1.87 bits per heavy atom. The number of ether oxygens (including phenoxy) is 1. The van der Waals surface area contributed by atoms with Crippen LogP contribution in [0.2, 0.25) is 0 Å². The quantitative estimate of drug-likeness (QED) is 0.475. The van der Waals surface area contributed by atoms with Gasteiger partial charge < -0.3 is 25.4 Å². The lowest BCUT2D eigenvalue weighted by atomic mass is 9.96. The molecule has 1 saturated carbocycles. The molecule has 8 heteroatoms. The molecule has 0 unspecified atom stereocenters. The van der Waals surface area contributed by atoms with Crippen molar-refractivity contribution in [1.29, 1.82) is 0 Å². The van der Waals surface area contributed by atoms with E-state index in [-0.39, 0.29) is 42.7 Å². The molecule has 1 fully saturated rings. The molecule has 3 atom stereocenters. The van der Waals surface area contributed by atoms with E-state index in [4.69, 9.17) is 4.74 Å². The summed E-state index contributed by atoms with van der Waals surface area (Å²) in [6.45, 7) is 5.65. The Labute approximate surface area is 226 Å². The molecule has 0 radical (unpaired) electrons. The summed E-state index contributed by atoms with van der Waals surface area (Å²) < 4.78 is 6.62. The van der Waals surface area contributed by atoms with Crippen molar-refractivity contribution in [2.24, 2.45) is 5.92 Å². The molecular weight excluding hydrogens is 480 g/mol. The zero-order chi connectivity index (χ0) is 27.1. The van der Waals surface area contributed by atoms with Crippen LogP contribution in [0, 0.1) is 5.92 Å². The smallest absolute Gasteiger partial charge is 0.319 e. The summed E-state index contributed by atoms with van der Waals surface area (Å²) in [6, 6.07) is 15.1. The molecule has 38 heavy (non-hydrogen) atoms. The lowest BCUT2D eigenvalue weighted by Gasteiger charge is -2.38. The van der Waals surface area contributed by atoms with E-state index in [9.17, 15) is 14.7 Å². The van der Waals surface area contributed by atoms with E-state index in [1.807, 2.05) is 25.1 Å². The minimum Gasteiger partial charge on any atom is -0.486 e. The number of anilines is 1. The van der Waals surface area contributed by atoms with E-state index < -0.39 is 0 Å². The van der Waals surface area contributed by atoms with E-state index in [0.29, 0.717) is 30.1 Å². The molecule has 0 spiro atoms. The van der Waals surface area contributed by atoms with E-state index in [1.54, 1.807) is 23.1 Å². The van der Waals surface area contributed by atoms with Crippen molar-refractivity contribution in [2.75, 3.05) is 32.1 Å². The number of para-hydroxylation sites is 1. The van der Waals surface area contributed by atoms with E-state index in [1.165, 1.54) is 12.0 Å². The number of hydrogen-bond donors (Lipinski definition) is 3. The first-order valence-electron chi connectivity index (χ1n) is 13.9. The number of hydrogen-bond acceptors (Lipinski definition) is 5. The number of benzene rings is 2. The van der Waals surface area contributed by atoms with Crippen LogP contribution in [0.4, 0.5) is 10.5 Å². The third kappa shape index (κ3) is 7.05. The second-order valence-corrected chi connectivity index (χ2v) is 10.9. The topological polar surface area (TPSA) is 94.1 Å². The Kier molecular flexibility index (Phi) is 9.63. The van der Waals surface area contributed by atoms with Crippen molar-refractivity contribution in [1.82, 2.24) is 15.1 Å². The molecule has 4 rings (SSSR count). The molecule has 2 aromatic carbocycles. The van der Waals surface area contributed by atoms with Crippen LogP contribution in [0.3, 0.4) is 0 Å². The van der Waals surface area contributed by atoms with Gasteiger partial charge in [-0.05, 0) is 44.5 Å². The van der Waals surface area contributed by atoms with Crippen LogP contribution < -0.4 is 15.4 Å². The summed E-state index contributed by atoms with van der Waals surface area (Å²) in [4.78, 5) is 30.5. The van der Waals surface area contributed by atoms with Gasteiger partial charge in [-0.3, -0.25) is 9.69 Å². The van der Waals surface area contributed by atoms with Crippen molar-refractivity contribution < 1.29 is 19.4 Å². The number of amides is 3. The second-order valence-electron chi connectivity index (χ2n) is 10.9. The maximum atomic E-state index is 13.7. The first kappa shape index (κ1) is 27.9. The maximum absolute atomic E-state index is 13.7. The number of aliphatic hydroxyl groups excluding tert-OH is 1. The largest absolute Gasteiger partial charge is 0.486 e. The Bertz CT molecular complexity index is 1070. The third-order valence-electron chi connectivity index (χ3n) is 7.67. The number of likely N-dealkylation sites (N-methyl/N-ethyl adjacent to an activating group) is 1. The first-order chi connectivity index (χ1) is 18.4. The molecule has 8 nitrogen and oxygen atoms in total. The molecule has 2 aromatic rings. The summed E-state index contributed by atoms with van der Waals surface area (Å²) in [6.07, 6.45) is 5.18. The highest BCUT2D eigenvalue weighted by atomic mass is 16.5. The molecule has 2 aliphatic rings. The molecule has 0 aromatic heterocycles. The molecule has 3 amide bonds. The van der Waals surface area contributed by atoms with Gasteiger partial charge in [0, 0.05) is 31.6 Å². The van der Waals surface area contributed by atoms with Gasteiger partial charge >= 0.3 is 6.03 Å². The minimum absolute atomic E-state index is 0.0107. The van der Waals surface area contributed by atoms with Crippen LogP contribution in [0.1, 0.15) is 61.9 Å². The predicted molar refractivity (Wildman–Crippen MR) is 149 cm³/mol. The number of urea groups is 1. The lowest BCUT2D eigenvalue weighted by molar-refractivity contribution is 0.0343. The summed E-state index contributed by atoms with van der Waals surface area (Å²) in [7, 11) is 2.06. The minimum atomic E-state index is -0.343. The second kappa shape index (κ2) is 13.1. The number of fused-ring (bicyclic) bond motifs is 1. The molecule has 3 N–H and O–H groups in total. The summed E-state index contributed by atoms with van der Waals surface area (Å²) >= 11 is 0. The van der Waals surface area contributed by atoms with Crippen LogP contribution in [-0.4, -0.2) is 71.8 Å². The number of rotatable bonds is 8. The fraction of sp³-hybridized carbons (Fsp3) is 0.533. The standard InChI is InChI=1S/C30H42N4O4/c1-21-17-34(22(2)20-35)29(36)25-15-10-16-26(32-30(37)31-24-13-8-5-9-14-24)28(25)38-27(21)19-33(3)18-23-11-6-4-7-12-23/h4,6-7,10-12,15-16,21-22,24,27,35H,5,8-9,13-14,17-20H2,1-3H3,(H2,31,32,37)/t21-,22+,27+/m0/s1. The van der Waals surface area contributed by atoms with E-state index >= 15 is 0 Å². The van der Waals surface area contributed by atoms with Gasteiger partial charge in [-0.15, -0.1) is 0 Å². The molecule has 1 heterocycles. The van der Waals surface area contributed by atoms with Gasteiger partial charge in [-0.25, -0.2) is 4.79 Å². The number of nitrogens with one attached hydrogen (secondary N) is 2. The van der Waals surface area contributed by atoms with Crippen LogP contribution in [0.15, 0.2) is 48.5 Å². The fourth-order valence-electron chi connectivity index (χ4n) is 5.42. The molecular formula is C30H42N4O4. The average Bonchev–Trinajstić information content (AvgIpc) is 2.91. The highest BCUT2D eigenvalue weighted by Crippen LogP contribution is 2.35. The van der Waals surface area contributed by atoms with Gasteiger partial charge in [0.1, 0.15) is 6.10 Å².